The Morgan fingerprint density at radius 2 is 2.07 bits per heavy atom. The molecular weight excluding hydrogens is 176 g/mol. The topological polar surface area (TPSA) is 30.2 Å². The summed E-state index contributed by atoms with van der Waals surface area (Å²) in [5.41, 5.74) is 3.37. The first kappa shape index (κ1) is 7.80. The summed E-state index contributed by atoms with van der Waals surface area (Å²) in [4.78, 5) is 11.4. The van der Waals surface area contributed by atoms with Gasteiger partial charge in [0.15, 0.2) is 0 Å². The molecular formula is C12H10O2. The second kappa shape index (κ2) is 2.71. The van der Waals surface area contributed by atoms with E-state index in [2.05, 4.69) is 6.07 Å². The molecule has 1 aromatic heterocycles. The van der Waals surface area contributed by atoms with Gasteiger partial charge in [-0.25, -0.2) is 0 Å². The molecule has 0 fully saturated rings. The van der Waals surface area contributed by atoms with Crippen molar-refractivity contribution in [2.75, 3.05) is 0 Å². The van der Waals surface area contributed by atoms with Crippen molar-refractivity contribution in [3.63, 3.8) is 0 Å². The van der Waals surface area contributed by atoms with Crippen LogP contribution in [0.1, 0.15) is 17.5 Å². The number of hydrogen-bond acceptors (Lipinski definition) is 2. The summed E-state index contributed by atoms with van der Waals surface area (Å²) in [5.74, 6) is 0.339. The highest BCUT2D eigenvalue weighted by atomic mass is 16.3. The molecule has 0 radical (unpaired) electrons. The molecule has 0 atom stereocenters. The second-order valence-electron chi connectivity index (χ2n) is 3.75. The lowest BCUT2D eigenvalue weighted by Gasteiger charge is -2.14. The molecule has 0 unspecified atom stereocenters. The minimum absolute atomic E-state index is 0.339. The number of benzene rings is 1. The van der Waals surface area contributed by atoms with E-state index in [1.807, 2.05) is 12.1 Å². The molecule has 0 aliphatic heterocycles. The molecule has 1 aromatic carbocycles. The highest BCUT2D eigenvalue weighted by molar-refractivity contribution is 5.91. The van der Waals surface area contributed by atoms with Gasteiger partial charge in [-0.3, -0.25) is 4.79 Å². The van der Waals surface area contributed by atoms with Gasteiger partial charge in [0.1, 0.15) is 11.4 Å². The van der Waals surface area contributed by atoms with Crippen LogP contribution in [0.5, 0.6) is 0 Å². The van der Waals surface area contributed by atoms with E-state index in [1.54, 1.807) is 6.26 Å². The Bertz CT molecular complexity index is 508. The smallest absolute Gasteiger partial charge is 0.137 e. The van der Waals surface area contributed by atoms with E-state index >= 15 is 0 Å². The Balaban J connectivity index is 2.31. The van der Waals surface area contributed by atoms with Crippen molar-refractivity contribution in [2.24, 2.45) is 0 Å². The summed E-state index contributed by atoms with van der Waals surface area (Å²) in [5, 5.41) is 1.11. The van der Waals surface area contributed by atoms with Crippen LogP contribution in [0.25, 0.3) is 11.0 Å². The Kier molecular flexibility index (Phi) is 1.51. The van der Waals surface area contributed by atoms with Gasteiger partial charge in [-0.2, -0.15) is 0 Å². The predicted molar refractivity (Wildman–Crippen MR) is 53.2 cm³/mol. The third-order valence-electron chi connectivity index (χ3n) is 2.89. The van der Waals surface area contributed by atoms with Gasteiger partial charge in [0, 0.05) is 18.2 Å². The molecule has 14 heavy (non-hydrogen) atoms. The van der Waals surface area contributed by atoms with E-state index in [0.29, 0.717) is 18.6 Å². The molecule has 0 N–H and O–H groups in total. The van der Waals surface area contributed by atoms with Crippen LogP contribution in [-0.4, -0.2) is 5.78 Å². The molecule has 2 heteroatoms. The Morgan fingerprint density at radius 3 is 3.00 bits per heavy atom. The lowest BCUT2D eigenvalue weighted by molar-refractivity contribution is -0.118. The van der Waals surface area contributed by atoms with Crippen LogP contribution in [0.3, 0.4) is 0 Å². The number of rotatable bonds is 0. The van der Waals surface area contributed by atoms with Crippen molar-refractivity contribution in [1.29, 1.82) is 0 Å². The number of hydrogen-bond donors (Lipinski definition) is 0. The first-order chi connectivity index (χ1) is 6.84. The van der Waals surface area contributed by atoms with Crippen molar-refractivity contribution >= 4 is 16.8 Å². The summed E-state index contributed by atoms with van der Waals surface area (Å²) in [6, 6.07) is 6.02. The van der Waals surface area contributed by atoms with Crippen molar-refractivity contribution in [3.05, 3.63) is 35.6 Å². The molecule has 0 amide bonds. The van der Waals surface area contributed by atoms with Gasteiger partial charge in [-0.1, -0.05) is 6.07 Å². The fourth-order valence-electron chi connectivity index (χ4n) is 2.15. The highest BCUT2D eigenvalue weighted by Gasteiger charge is 2.18. The maximum Gasteiger partial charge on any atom is 0.137 e. The van der Waals surface area contributed by atoms with E-state index in [-0.39, 0.29) is 0 Å². The first-order valence-corrected chi connectivity index (χ1v) is 4.84. The van der Waals surface area contributed by atoms with Gasteiger partial charge in [0.05, 0.1) is 6.26 Å². The van der Waals surface area contributed by atoms with Crippen LogP contribution in [-0.2, 0) is 17.6 Å². The van der Waals surface area contributed by atoms with Crippen LogP contribution < -0.4 is 0 Å². The molecule has 1 heterocycles. The normalized spacial score (nSPS) is 15.9. The maximum absolute atomic E-state index is 11.4. The van der Waals surface area contributed by atoms with Crippen molar-refractivity contribution in [2.45, 2.75) is 19.3 Å². The standard InChI is InChI=1S/C12H10O2/c13-9-3-1-8-2-4-12-10(5-6-14-12)11(8)7-9/h2,4-6H,1,3,7H2. The lowest BCUT2D eigenvalue weighted by atomic mass is 9.89. The zero-order valence-electron chi connectivity index (χ0n) is 7.75. The van der Waals surface area contributed by atoms with Crippen LogP contribution in [0.15, 0.2) is 28.9 Å². The molecule has 0 spiro atoms. The van der Waals surface area contributed by atoms with Gasteiger partial charge < -0.3 is 4.42 Å². The van der Waals surface area contributed by atoms with Crippen LogP contribution in [0.4, 0.5) is 0 Å². The number of furan rings is 1. The molecule has 1 aliphatic carbocycles. The third kappa shape index (κ3) is 1.00. The molecule has 2 aromatic rings. The van der Waals surface area contributed by atoms with E-state index in [9.17, 15) is 4.79 Å². The highest BCUT2D eigenvalue weighted by Crippen LogP contribution is 2.28. The van der Waals surface area contributed by atoms with E-state index in [4.69, 9.17) is 4.42 Å². The first-order valence-electron chi connectivity index (χ1n) is 4.84. The Hall–Kier alpha value is -1.57. The van der Waals surface area contributed by atoms with Gasteiger partial charge >= 0.3 is 0 Å². The second-order valence-corrected chi connectivity index (χ2v) is 3.75. The van der Waals surface area contributed by atoms with Crippen LogP contribution in [0.2, 0.25) is 0 Å². The SMILES string of the molecule is O=C1CCc2ccc3occc3c2C1. The quantitative estimate of drug-likeness (QED) is 0.632. The number of fused-ring (bicyclic) bond motifs is 3. The van der Waals surface area contributed by atoms with E-state index in [0.717, 1.165) is 17.4 Å². The fourth-order valence-corrected chi connectivity index (χ4v) is 2.15. The van der Waals surface area contributed by atoms with E-state index < -0.39 is 0 Å². The van der Waals surface area contributed by atoms with Crippen molar-refractivity contribution in [1.82, 2.24) is 0 Å². The molecule has 2 nitrogen and oxygen atoms in total. The molecule has 70 valence electrons. The number of carbonyl (C=O) groups excluding carboxylic acids is 1. The number of ketones is 1. The van der Waals surface area contributed by atoms with Gasteiger partial charge in [0.25, 0.3) is 0 Å². The molecule has 0 bridgehead atoms. The van der Waals surface area contributed by atoms with Crippen molar-refractivity contribution in [3.8, 4) is 0 Å². The van der Waals surface area contributed by atoms with Gasteiger partial charge in [-0.05, 0) is 29.7 Å². The molecule has 1 aliphatic rings. The Labute approximate surface area is 81.5 Å². The zero-order chi connectivity index (χ0) is 9.54. The predicted octanol–water partition coefficient (Wildman–Crippen LogP) is 2.49. The van der Waals surface area contributed by atoms with Gasteiger partial charge in [0.2, 0.25) is 0 Å². The number of carbonyl (C=O) groups is 1. The average Bonchev–Trinajstić information content (AvgIpc) is 2.65. The van der Waals surface area contributed by atoms with E-state index in [1.165, 1.54) is 11.1 Å². The fraction of sp³-hybridized carbons (Fsp3) is 0.250. The maximum atomic E-state index is 11.4. The summed E-state index contributed by atoms with van der Waals surface area (Å²) >= 11 is 0. The average molecular weight is 186 g/mol. The minimum atomic E-state index is 0.339. The lowest BCUT2D eigenvalue weighted by Crippen LogP contribution is -2.13. The van der Waals surface area contributed by atoms with Gasteiger partial charge in [-0.15, -0.1) is 0 Å². The summed E-state index contributed by atoms with van der Waals surface area (Å²) in [6.07, 6.45) is 3.84. The summed E-state index contributed by atoms with van der Waals surface area (Å²) < 4.78 is 5.31. The molecule has 0 saturated heterocycles. The minimum Gasteiger partial charge on any atom is -0.464 e. The number of aryl methyl sites for hydroxylation is 1. The van der Waals surface area contributed by atoms with Crippen LogP contribution >= 0.6 is 0 Å². The third-order valence-corrected chi connectivity index (χ3v) is 2.89. The summed E-state index contributed by atoms with van der Waals surface area (Å²) in [7, 11) is 0. The van der Waals surface area contributed by atoms with Crippen LogP contribution in [0, 0.1) is 0 Å². The molecule has 3 rings (SSSR count). The number of Topliss-reactive ketones (excluding diaryl/α,β-unsaturated/α-hetero) is 1. The Morgan fingerprint density at radius 1 is 1.14 bits per heavy atom. The van der Waals surface area contributed by atoms with Crippen molar-refractivity contribution < 1.29 is 9.21 Å². The molecule has 0 saturated carbocycles. The zero-order valence-corrected chi connectivity index (χ0v) is 7.75. The largest absolute Gasteiger partial charge is 0.464 e. The monoisotopic (exact) mass is 186 g/mol. The summed E-state index contributed by atoms with van der Waals surface area (Å²) in [6.45, 7) is 0.